The molecule has 0 saturated heterocycles. The first kappa shape index (κ1) is 14.3. The molecule has 2 aliphatic carbocycles. The van der Waals surface area contributed by atoms with Gasteiger partial charge in [0.05, 0.1) is 5.60 Å². The lowest BCUT2D eigenvalue weighted by Gasteiger charge is -2.54. The van der Waals surface area contributed by atoms with Crippen molar-refractivity contribution in [2.45, 2.75) is 71.8 Å². The third-order valence-electron chi connectivity index (χ3n) is 6.02. The Morgan fingerprint density at radius 3 is 2.22 bits per heavy atom. The van der Waals surface area contributed by atoms with E-state index in [1.807, 2.05) is 0 Å². The summed E-state index contributed by atoms with van der Waals surface area (Å²) < 4.78 is 0. The summed E-state index contributed by atoms with van der Waals surface area (Å²) in [6.45, 7) is 9.85. The maximum Gasteiger partial charge on any atom is 0.0741 e. The molecule has 2 saturated carbocycles. The maximum atomic E-state index is 11.4. The molecule has 2 nitrogen and oxygen atoms in total. The lowest BCUT2D eigenvalue weighted by molar-refractivity contribution is -0.156. The summed E-state index contributed by atoms with van der Waals surface area (Å²) in [4.78, 5) is 0. The van der Waals surface area contributed by atoms with Crippen LogP contribution in [0, 0.1) is 22.7 Å². The molecular formula is C16H31NO. The zero-order valence-electron chi connectivity index (χ0n) is 12.6. The molecule has 2 aliphatic rings. The highest BCUT2D eigenvalue weighted by Gasteiger charge is 2.57. The van der Waals surface area contributed by atoms with Crippen molar-refractivity contribution in [3.05, 3.63) is 0 Å². The topological polar surface area (TPSA) is 46.2 Å². The third kappa shape index (κ3) is 2.12. The SMILES string of the molecule is CC1CCC(CN)(C2(O)CCC(C)(C)CC2C)C1. The lowest BCUT2D eigenvalue weighted by atomic mass is 9.55. The van der Waals surface area contributed by atoms with Gasteiger partial charge in [-0.15, -0.1) is 0 Å². The summed E-state index contributed by atoms with van der Waals surface area (Å²) >= 11 is 0. The van der Waals surface area contributed by atoms with Crippen LogP contribution in [0.3, 0.4) is 0 Å². The second-order valence-electron chi connectivity index (χ2n) is 8.03. The van der Waals surface area contributed by atoms with Gasteiger partial charge in [-0.1, -0.05) is 34.1 Å². The summed E-state index contributed by atoms with van der Waals surface area (Å²) in [7, 11) is 0. The molecule has 18 heavy (non-hydrogen) atoms. The molecule has 4 unspecified atom stereocenters. The molecule has 0 aliphatic heterocycles. The van der Waals surface area contributed by atoms with Crippen LogP contribution in [0.15, 0.2) is 0 Å². The Labute approximate surface area is 112 Å². The Bertz CT molecular complexity index is 314. The Balaban J connectivity index is 2.25. The number of hydrogen-bond acceptors (Lipinski definition) is 2. The van der Waals surface area contributed by atoms with E-state index in [1.54, 1.807) is 0 Å². The number of nitrogens with two attached hydrogens (primary N) is 1. The van der Waals surface area contributed by atoms with Crippen LogP contribution >= 0.6 is 0 Å². The van der Waals surface area contributed by atoms with Crippen LogP contribution in [-0.4, -0.2) is 17.3 Å². The first-order valence-corrected chi connectivity index (χ1v) is 7.67. The van der Waals surface area contributed by atoms with Crippen LogP contribution in [0.1, 0.15) is 66.2 Å². The average Bonchev–Trinajstić information content (AvgIpc) is 2.67. The van der Waals surface area contributed by atoms with Crippen molar-refractivity contribution in [2.75, 3.05) is 6.54 Å². The van der Waals surface area contributed by atoms with Crippen molar-refractivity contribution < 1.29 is 5.11 Å². The minimum Gasteiger partial charge on any atom is -0.389 e. The van der Waals surface area contributed by atoms with Gasteiger partial charge in [-0.3, -0.25) is 0 Å². The third-order valence-corrected chi connectivity index (χ3v) is 6.02. The van der Waals surface area contributed by atoms with Gasteiger partial charge >= 0.3 is 0 Å². The molecule has 0 aromatic rings. The standard InChI is InChI=1S/C16H31NO/c1-12-5-6-15(9-12,11-17)16(18)8-7-14(3,4)10-13(16)2/h12-13,18H,5-11,17H2,1-4H3. The van der Waals surface area contributed by atoms with Gasteiger partial charge in [-0.2, -0.15) is 0 Å². The van der Waals surface area contributed by atoms with E-state index in [4.69, 9.17) is 5.73 Å². The normalized spacial score (nSPS) is 48.3. The van der Waals surface area contributed by atoms with Crippen molar-refractivity contribution in [3.8, 4) is 0 Å². The summed E-state index contributed by atoms with van der Waals surface area (Å²) in [5.74, 6) is 1.09. The van der Waals surface area contributed by atoms with Crippen LogP contribution in [0.4, 0.5) is 0 Å². The molecule has 2 heteroatoms. The molecule has 0 aromatic carbocycles. The largest absolute Gasteiger partial charge is 0.389 e. The smallest absolute Gasteiger partial charge is 0.0741 e. The summed E-state index contributed by atoms with van der Waals surface area (Å²) in [5, 5.41) is 11.4. The van der Waals surface area contributed by atoms with Crippen LogP contribution < -0.4 is 5.73 Å². The average molecular weight is 253 g/mol. The first-order chi connectivity index (χ1) is 8.25. The maximum absolute atomic E-state index is 11.4. The fraction of sp³-hybridized carbons (Fsp3) is 1.00. The summed E-state index contributed by atoms with van der Waals surface area (Å²) in [6.07, 6.45) is 6.65. The fourth-order valence-electron chi connectivity index (χ4n) is 4.81. The van der Waals surface area contributed by atoms with E-state index in [2.05, 4.69) is 27.7 Å². The molecule has 0 spiro atoms. The Kier molecular flexibility index (Phi) is 3.57. The Morgan fingerprint density at radius 1 is 1.11 bits per heavy atom. The van der Waals surface area contributed by atoms with Gasteiger partial charge in [-0.05, 0) is 49.4 Å². The van der Waals surface area contributed by atoms with Crippen LogP contribution in [0.5, 0.6) is 0 Å². The van der Waals surface area contributed by atoms with Crippen molar-refractivity contribution in [3.63, 3.8) is 0 Å². The lowest BCUT2D eigenvalue weighted by Crippen LogP contribution is -2.58. The predicted octanol–water partition coefficient (Wildman–Crippen LogP) is 3.33. The molecule has 0 bridgehead atoms. The molecule has 2 rings (SSSR count). The van der Waals surface area contributed by atoms with Gasteiger partial charge in [0.15, 0.2) is 0 Å². The van der Waals surface area contributed by atoms with Crippen LogP contribution in [0.25, 0.3) is 0 Å². The molecule has 2 fully saturated rings. The molecule has 0 radical (unpaired) electrons. The summed E-state index contributed by atoms with van der Waals surface area (Å²) in [5.41, 5.74) is 5.96. The van der Waals surface area contributed by atoms with E-state index in [1.165, 1.54) is 6.42 Å². The number of aliphatic hydroxyl groups is 1. The second-order valence-corrected chi connectivity index (χ2v) is 8.03. The molecule has 0 heterocycles. The zero-order valence-corrected chi connectivity index (χ0v) is 12.6. The van der Waals surface area contributed by atoms with E-state index >= 15 is 0 Å². The second kappa shape index (κ2) is 4.49. The van der Waals surface area contributed by atoms with Gasteiger partial charge < -0.3 is 10.8 Å². The molecule has 106 valence electrons. The highest BCUT2D eigenvalue weighted by molar-refractivity contribution is 5.08. The van der Waals surface area contributed by atoms with Gasteiger partial charge in [-0.25, -0.2) is 0 Å². The monoisotopic (exact) mass is 253 g/mol. The Hall–Kier alpha value is -0.0800. The Morgan fingerprint density at radius 2 is 1.78 bits per heavy atom. The zero-order chi connectivity index (χ0) is 13.6. The van der Waals surface area contributed by atoms with E-state index in [0.29, 0.717) is 17.9 Å². The van der Waals surface area contributed by atoms with E-state index in [9.17, 15) is 5.11 Å². The molecule has 3 N–H and O–H groups in total. The predicted molar refractivity (Wildman–Crippen MR) is 76.2 cm³/mol. The minimum atomic E-state index is -0.526. The van der Waals surface area contributed by atoms with Crippen molar-refractivity contribution in [2.24, 2.45) is 28.4 Å². The molecule has 4 atom stereocenters. The molecular weight excluding hydrogens is 222 g/mol. The first-order valence-electron chi connectivity index (χ1n) is 7.67. The van der Waals surface area contributed by atoms with Gasteiger partial charge in [0.1, 0.15) is 0 Å². The summed E-state index contributed by atoms with van der Waals surface area (Å²) in [6, 6.07) is 0. The van der Waals surface area contributed by atoms with Crippen LogP contribution in [-0.2, 0) is 0 Å². The fourth-order valence-corrected chi connectivity index (χ4v) is 4.81. The van der Waals surface area contributed by atoms with Gasteiger partial charge in [0, 0.05) is 12.0 Å². The van der Waals surface area contributed by atoms with E-state index in [0.717, 1.165) is 38.0 Å². The number of hydrogen-bond donors (Lipinski definition) is 2. The van der Waals surface area contributed by atoms with E-state index in [-0.39, 0.29) is 5.41 Å². The van der Waals surface area contributed by atoms with Crippen molar-refractivity contribution >= 4 is 0 Å². The van der Waals surface area contributed by atoms with Crippen molar-refractivity contribution in [1.29, 1.82) is 0 Å². The van der Waals surface area contributed by atoms with E-state index < -0.39 is 5.60 Å². The highest BCUT2D eigenvalue weighted by atomic mass is 16.3. The quantitative estimate of drug-likeness (QED) is 0.793. The van der Waals surface area contributed by atoms with Crippen molar-refractivity contribution in [1.82, 2.24) is 0 Å². The van der Waals surface area contributed by atoms with Gasteiger partial charge in [0.25, 0.3) is 0 Å². The highest BCUT2D eigenvalue weighted by Crippen LogP contribution is 2.57. The minimum absolute atomic E-state index is 0.0116. The molecule has 0 amide bonds. The van der Waals surface area contributed by atoms with Crippen LogP contribution in [0.2, 0.25) is 0 Å². The molecule has 0 aromatic heterocycles. The van der Waals surface area contributed by atoms with Gasteiger partial charge in [0.2, 0.25) is 0 Å². The number of rotatable bonds is 2.